The van der Waals surface area contributed by atoms with Crippen LogP contribution in [0.5, 0.6) is 0 Å². The first-order valence-electron chi connectivity index (χ1n) is 7.26. The summed E-state index contributed by atoms with van der Waals surface area (Å²) in [6.07, 6.45) is 1.89. The van der Waals surface area contributed by atoms with Gasteiger partial charge in [-0.2, -0.15) is 0 Å². The minimum Gasteiger partial charge on any atom is -0.362 e. The molecule has 108 valence electrons. The second-order valence-electron chi connectivity index (χ2n) is 5.43. The molecule has 0 saturated carbocycles. The third-order valence-corrected chi connectivity index (χ3v) is 4.06. The van der Waals surface area contributed by atoms with E-state index in [2.05, 4.69) is 5.32 Å². The molecule has 0 atom stereocenters. The number of fused-ring (bicyclic) bond motifs is 1. The highest BCUT2D eigenvalue weighted by molar-refractivity contribution is 5.82. The summed E-state index contributed by atoms with van der Waals surface area (Å²) in [6.45, 7) is 4.57. The maximum absolute atomic E-state index is 13.4. The zero-order chi connectivity index (χ0) is 13.9. The third-order valence-electron chi connectivity index (χ3n) is 4.06. The zero-order valence-electron chi connectivity index (χ0n) is 11.6. The van der Waals surface area contributed by atoms with E-state index in [1.54, 1.807) is 6.07 Å². The minimum absolute atomic E-state index is 0.144. The van der Waals surface area contributed by atoms with Crippen LogP contribution in [0.1, 0.15) is 12.0 Å². The highest BCUT2D eigenvalue weighted by Crippen LogP contribution is 2.28. The van der Waals surface area contributed by atoms with Gasteiger partial charge in [-0.1, -0.05) is 6.07 Å². The van der Waals surface area contributed by atoms with Gasteiger partial charge in [-0.15, -0.1) is 0 Å². The standard InChI is InChI=1S/C15H20FN3O/c16-13-3-2-12-4-8-19(14(12)10-13)11-15(20)18-7-1-5-17-6-9-18/h2-3,10,17H,1,4-9,11H2. The van der Waals surface area contributed by atoms with Gasteiger partial charge in [0.1, 0.15) is 5.82 Å². The van der Waals surface area contributed by atoms with Gasteiger partial charge in [0, 0.05) is 31.9 Å². The van der Waals surface area contributed by atoms with Crippen molar-refractivity contribution in [2.45, 2.75) is 12.8 Å². The molecule has 3 rings (SSSR count). The zero-order valence-corrected chi connectivity index (χ0v) is 11.6. The molecule has 5 heteroatoms. The molecule has 2 heterocycles. The fourth-order valence-corrected chi connectivity index (χ4v) is 2.94. The Morgan fingerprint density at radius 1 is 1.25 bits per heavy atom. The van der Waals surface area contributed by atoms with Gasteiger partial charge in [-0.05, 0) is 37.1 Å². The molecule has 2 aliphatic heterocycles. The van der Waals surface area contributed by atoms with Crippen molar-refractivity contribution in [2.24, 2.45) is 0 Å². The van der Waals surface area contributed by atoms with Crippen molar-refractivity contribution in [3.8, 4) is 0 Å². The van der Waals surface area contributed by atoms with E-state index in [0.717, 1.165) is 56.8 Å². The average Bonchev–Trinajstić information content (AvgIpc) is 2.67. The van der Waals surface area contributed by atoms with Crippen LogP contribution in [0.2, 0.25) is 0 Å². The molecule has 0 radical (unpaired) electrons. The van der Waals surface area contributed by atoms with Crippen LogP contribution >= 0.6 is 0 Å². The maximum Gasteiger partial charge on any atom is 0.242 e. The Morgan fingerprint density at radius 3 is 3.05 bits per heavy atom. The van der Waals surface area contributed by atoms with Crippen LogP contribution in [0.25, 0.3) is 0 Å². The number of benzene rings is 1. The summed E-state index contributed by atoms with van der Waals surface area (Å²) in [4.78, 5) is 16.3. The number of nitrogens with zero attached hydrogens (tertiary/aromatic N) is 2. The first kappa shape index (κ1) is 13.4. The Morgan fingerprint density at radius 2 is 2.15 bits per heavy atom. The smallest absolute Gasteiger partial charge is 0.242 e. The number of anilines is 1. The molecule has 0 bridgehead atoms. The Bertz CT molecular complexity index is 498. The summed E-state index contributed by atoms with van der Waals surface area (Å²) in [5.74, 6) is -0.0899. The Hall–Kier alpha value is -1.62. The maximum atomic E-state index is 13.4. The highest BCUT2D eigenvalue weighted by Gasteiger charge is 2.24. The first-order valence-corrected chi connectivity index (χ1v) is 7.26. The minimum atomic E-state index is -0.234. The van der Waals surface area contributed by atoms with E-state index in [-0.39, 0.29) is 11.7 Å². The molecule has 1 aromatic rings. The second kappa shape index (κ2) is 5.79. The van der Waals surface area contributed by atoms with Crippen molar-refractivity contribution >= 4 is 11.6 Å². The summed E-state index contributed by atoms with van der Waals surface area (Å²) < 4.78 is 13.4. The predicted molar refractivity (Wildman–Crippen MR) is 76.4 cm³/mol. The summed E-state index contributed by atoms with van der Waals surface area (Å²) >= 11 is 0. The number of amides is 1. The molecule has 1 N–H and O–H groups in total. The number of carbonyl (C=O) groups is 1. The van der Waals surface area contributed by atoms with Gasteiger partial charge in [0.2, 0.25) is 5.91 Å². The first-order chi connectivity index (χ1) is 9.74. The lowest BCUT2D eigenvalue weighted by Gasteiger charge is -2.25. The van der Waals surface area contributed by atoms with E-state index < -0.39 is 0 Å². The van der Waals surface area contributed by atoms with E-state index in [4.69, 9.17) is 0 Å². The molecule has 4 nitrogen and oxygen atoms in total. The fourth-order valence-electron chi connectivity index (χ4n) is 2.94. The molecular weight excluding hydrogens is 257 g/mol. The summed E-state index contributed by atoms with van der Waals surface area (Å²) in [6, 6.07) is 4.86. The Kier molecular flexibility index (Phi) is 3.87. The van der Waals surface area contributed by atoms with Crippen molar-refractivity contribution in [1.82, 2.24) is 10.2 Å². The van der Waals surface area contributed by atoms with E-state index in [1.807, 2.05) is 15.9 Å². The molecule has 1 amide bonds. The molecule has 0 spiro atoms. The molecular formula is C15H20FN3O. The van der Waals surface area contributed by atoms with Gasteiger partial charge in [0.05, 0.1) is 6.54 Å². The molecule has 20 heavy (non-hydrogen) atoms. The highest BCUT2D eigenvalue weighted by atomic mass is 19.1. The number of hydrogen-bond donors (Lipinski definition) is 1. The SMILES string of the molecule is O=C(CN1CCc2ccc(F)cc21)N1CCCNCC1. The number of halogens is 1. The number of rotatable bonds is 2. The lowest BCUT2D eigenvalue weighted by atomic mass is 10.2. The summed E-state index contributed by atoms with van der Waals surface area (Å²) in [5.41, 5.74) is 2.02. The average molecular weight is 277 g/mol. The molecule has 1 saturated heterocycles. The van der Waals surface area contributed by atoms with Crippen LogP contribution in [0.15, 0.2) is 18.2 Å². The molecule has 0 aliphatic carbocycles. The number of nitrogens with one attached hydrogen (secondary N) is 1. The third kappa shape index (κ3) is 2.77. The predicted octanol–water partition coefficient (Wildman–Crippen LogP) is 1.01. The normalized spacial score (nSPS) is 18.9. The molecule has 1 aromatic carbocycles. The fraction of sp³-hybridized carbons (Fsp3) is 0.533. The molecule has 1 fully saturated rings. The summed E-state index contributed by atoms with van der Waals surface area (Å²) in [5, 5.41) is 3.29. The van der Waals surface area contributed by atoms with Gasteiger partial charge >= 0.3 is 0 Å². The Labute approximate surface area is 118 Å². The van der Waals surface area contributed by atoms with Crippen LogP contribution < -0.4 is 10.2 Å². The van der Waals surface area contributed by atoms with E-state index in [0.29, 0.717) is 6.54 Å². The van der Waals surface area contributed by atoms with Crippen LogP contribution in [0, 0.1) is 5.82 Å². The number of hydrogen-bond acceptors (Lipinski definition) is 3. The van der Waals surface area contributed by atoms with Crippen molar-refractivity contribution < 1.29 is 9.18 Å². The molecule has 0 aromatic heterocycles. The van der Waals surface area contributed by atoms with Crippen molar-refractivity contribution in [1.29, 1.82) is 0 Å². The van der Waals surface area contributed by atoms with Gasteiger partial charge < -0.3 is 15.1 Å². The summed E-state index contributed by atoms with van der Waals surface area (Å²) in [7, 11) is 0. The number of carbonyl (C=O) groups excluding carboxylic acids is 1. The quantitative estimate of drug-likeness (QED) is 0.876. The van der Waals surface area contributed by atoms with Gasteiger partial charge in [-0.3, -0.25) is 4.79 Å². The monoisotopic (exact) mass is 277 g/mol. The van der Waals surface area contributed by atoms with Crippen LogP contribution in [0.4, 0.5) is 10.1 Å². The lowest BCUT2D eigenvalue weighted by Crippen LogP contribution is -2.41. The van der Waals surface area contributed by atoms with Crippen molar-refractivity contribution in [3.05, 3.63) is 29.6 Å². The van der Waals surface area contributed by atoms with Gasteiger partial charge in [0.15, 0.2) is 0 Å². The van der Waals surface area contributed by atoms with E-state index >= 15 is 0 Å². The van der Waals surface area contributed by atoms with Crippen LogP contribution in [-0.2, 0) is 11.2 Å². The van der Waals surface area contributed by atoms with Crippen LogP contribution in [-0.4, -0.2) is 50.1 Å². The lowest BCUT2D eigenvalue weighted by molar-refractivity contribution is -0.129. The molecule has 0 unspecified atom stereocenters. The topological polar surface area (TPSA) is 35.6 Å². The largest absolute Gasteiger partial charge is 0.362 e. The van der Waals surface area contributed by atoms with Gasteiger partial charge in [-0.25, -0.2) is 4.39 Å². The van der Waals surface area contributed by atoms with Crippen LogP contribution in [0.3, 0.4) is 0 Å². The molecule has 2 aliphatic rings. The van der Waals surface area contributed by atoms with E-state index in [1.165, 1.54) is 6.07 Å². The van der Waals surface area contributed by atoms with Crippen molar-refractivity contribution in [2.75, 3.05) is 44.2 Å². The van der Waals surface area contributed by atoms with E-state index in [9.17, 15) is 9.18 Å². The Balaban J connectivity index is 1.67. The second-order valence-corrected chi connectivity index (χ2v) is 5.43. The van der Waals surface area contributed by atoms with Gasteiger partial charge in [0.25, 0.3) is 0 Å². The van der Waals surface area contributed by atoms with Crippen molar-refractivity contribution in [3.63, 3.8) is 0 Å².